The number of hydrogen-bond acceptors (Lipinski definition) is 4. The van der Waals surface area contributed by atoms with E-state index in [1.165, 1.54) is 47.4 Å². The number of nitrogen functional groups attached to an aromatic ring is 1. The monoisotopic (exact) mass is 347 g/mol. The molecule has 0 radical (unpaired) electrons. The summed E-state index contributed by atoms with van der Waals surface area (Å²) in [4.78, 5) is 15.9. The first-order valence-electron chi connectivity index (χ1n) is 7.09. The normalized spacial score (nSPS) is 11.3. The van der Waals surface area contributed by atoms with Crippen LogP contribution < -0.4 is 11.1 Å². The van der Waals surface area contributed by atoms with E-state index in [1.54, 1.807) is 0 Å². The Hall–Kier alpha value is -3.36. The fourth-order valence-electron chi connectivity index (χ4n) is 2.14. The Kier molecular flexibility index (Phi) is 4.14. The molecule has 0 saturated heterocycles. The van der Waals surface area contributed by atoms with Crippen molar-refractivity contribution in [2.45, 2.75) is 6.18 Å². The van der Waals surface area contributed by atoms with E-state index in [0.717, 1.165) is 12.1 Å². The number of nitrogens with one attached hydrogen (secondary N) is 1. The molecule has 0 atom stereocenters. The Morgan fingerprint density at radius 2 is 1.96 bits per heavy atom. The molecular formula is C16H12F3N5O. The minimum absolute atomic E-state index is 0.192. The smallest absolute Gasteiger partial charge is 0.384 e. The van der Waals surface area contributed by atoms with E-state index in [2.05, 4.69) is 15.4 Å². The number of benzene rings is 1. The van der Waals surface area contributed by atoms with Crippen molar-refractivity contribution in [1.29, 1.82) is 0 Å². The number of rotatable bonds is 3. The number of hydrogen-bond donors (Lipinski definition) is 2. The van der Waals surface area contributed by atoms with Crippen LogP contribution >= 0.6 is 0 Å². The Morgan fingerprint density at radius 3 is 2.68 bits per heavy atom. The molecular weight excluding hydrogens is 335 g/mol. The van der Waals surface area contributed by atoms with Gasteiger partial charge in [-0.15, -0.1) is 0 Å². The third kappa shape index (κ3) is 3.77. The Balaban J connectivity index is 1.80. The van der Waals surface area contributed by atoms with Gasteiger partial charge in [-0.3, -0.25) is 4.79 Å². The fraction of sp³-hybridized carbons (Fsp3) is 0.0625. The van der Waals surface area contributed by atoms with Gasteiger partial charge >= 0.3 is 6.18 Å². The zero-order chi connectivity index (χ0) is 18.0. The van der Waals surface area contributed by atoms with E-state index < -0.39 is 17.6 Å². The van der Waals surface area contributed by atoms with Crippen molar-refractivity contribution in [3.63, 3.8) is 0 Å². The predicted molar refractivity (Wildman–Crippen MR) is 85.2 cm³/mol. The second kappa shape index (κ2) is 6.27. The molecule has 3 rings (SSSR count). The third-order valence-electron chi connectivity index (χ3n) is 3.31. The van der Waals surface area contributed by atoms with Gasteiger partial charge in [0.15, 0.2) is 5.82 Å². The number of pyridine rings is 1. The highest BCUT2D eigenvalue weighted by molar-refractivity contribution is 6.04. The van der Waals surface area contributed by atoms with Crippen molar-refractivity contribution in [2.24, 2.45) is 0 Å². The number of nitrogens with two attached hydrogens (primary N) is 1. The van der Waals surface area contributed by atoms with E-state index in [1.807, 2.05) is 0 Å². The van der Waals surface area contributed by atoms with Crippen LogP contribution in [-0.2, 0) is 6.18 Å². The molecule has 0 aliphatic rings. The first-order valence-corrected chi connectivity index (χ1v) is 7.09. The summed E-state index contributed by atoms with van der Waals surface area (Å²) < 4.78 is 39.6. The van der Waals surface area contributed by atoms with Gasteiger partial charge in [0.25, 0.3) is 5.91 Å². The molecule has 9 heteroatoms. The van der Waals surface area contributed by atoms with Gasteiger partial charge in [-0.05, 0) is 30.3 Å². The van der Waals surface area contributed by atoms with Crippen molar-refractivity contribution in [3.8, 4) is 5.69 Å². The van der Waals surface area contributed by atoms with Gasteiger partial charge in [-0.25, -0.2) is 9.67 Å². The second-order valence-corrected chi connectivity index (χ2v) is 5.12. The summed E-state index contributed by atoms with van der Waals surface area (Å²) in [5.74, 6) is -0.0664. The van der Waals surface area contributed by atoms with Gasteiger partial charge < -0.3 is 11.1 Å². The van der Waals surface area contributed by atoms with Gasteiger partial charge in [-0.2, -0.15) is 18.3 Å². The van der Waals surface area contributed by atoms with Crippen LogP contribution in [-0.4, -0.2) is 20.7 Å². The summed E-state index contributed by atoms with van der Waals surface area (Å²) in [7, 11) is 0. The summed E-state index contributed by atoms with van der Waals surface area (Å²) in [6.45, 7) is 0. The van der Waals surface area contributed by atoms with E-state index in [9.17, 15) is 18.0 Å². The van der Waals surface area contributed by atoms with Gasteiger partial charge in [0.05, 0.1) is 11.3 Å². The van der Waals surface area contributed by atoms with Crippen LogP contribution in [0.3, 0.4) is 0 Å². The maximum atomic E-state index is 12.8. The number of carbonyl (C=O) groups is 1. The molecule has 0 spiro atoms. The molecule has 0 bridgehead atoms. The molecule has 0 fully saturated rings. The molecule has 3 N–H and O–H groups in total. The Labute approximate surface area is 140 Å². The van der Waals surface area contributed by atoms with Crippen LogP contribution in [0.1, 0.15) is 15.9 Å². The summed E-state index contributed by atoms with van der Waals surface area (Å²) in [5.41, 5.74) is 5.26. The fourth-order valence-corrected chi connectivity index (χ4v) is 2.14. The van der Waals surface area contributed by atoms with Crippen LogP contribution in [0.25, 0.3) is 5.69 Å². The zero-order valence-corrected chi connectivity index (χ0v) is 12.7. The summed E-state index contributed by atoms with van der Waals surface area (Å²) in [5, 5.41) is 6.61. The number of nitrogens with zero attached hydrogens (tertiary/aromatic N) is 3. The molecule has 6 nitrogen and oxygen atoms in total. The molecule has 2 heterocycles. The minimum Gasteiger partial charge on any atom is -0.384 e. The number of alkyl halides is 3. The van der Waals surface area contributed by atoms with Crippen molar-refractivity contribution >= 4 is 17.5 Å². The predicted octanol–water partition coefficient (Wildman–Crippen LogP) is 3.12. The molecule has 128 valence electrons. The molecule has 0 aliphatic carbocycles. The highest BCUT2D eigenvalue weighted by Crippen LogP contribution is 2.30. The number of halogens is 3. The first-order chi connectivity index (χ1) is 11.8. The van der Waals surface area contributed by atoms with Gasteiger partial charge in [0, 0.05) is 24.0 Å². The van der Waals surface area contributed by atoms with Crippen LogP contribution in [0.15, 0.2) is 54.9 Å². The van der Waals surface area contributed by atoms with Crippen LogP contribution in [0.4, 0.5) is 24.8 Å². The summed E-state index contributed by atoms with van der Waals surface area (Å²) in [6.07, 6.45) is -1.60. The lowest BCUT2D eigenvalue weighted by Gasteiger charge is -2.08. The molecule has 25 heavy (non-hydrogen) atoms. The van der Waals surface area contributed by atoms with Crippen LogP contribution in [0.2, 0.25) is 0 Å². The molecule has 0 unspecified atom stereocenters. The van der Waals surface area contributed by atoms with Gasteiger partial charge in [0.1, 0.15) is 5.82 Å². The van der Waals surface area contributed by atoms with E-state index in [0.29, 0.717) is 5.56 Å². The second-order valence-electron chi connectivity index (χ2n) is 5.12. The van der Waals surface area contributed by atoms with Crippen LogP contribution in [0.5, 0.6) is 0 Å². The molecule has 0 saturated carbocycles. The van der Waals surface area contributed by atoms with Crippen molar-refractivity contribution in [3.05, 3.63) is 66.0 Å². The summed E-state index contributed by atoms with van der Waals surface area (Å²) >= 11 is 0. The quantitative estimate of drug-likeness (QED) is 0.762. The summed E-state index contributed by atoms with van der Waals surface area (Å²) in [6, 6.07) is 9.08. The maximum Gasteiger partial charge on any atom is 0.416 e. The highest BCUT2D eigenvalue weighted by atomic mass is 19.4. The number of carbonyl (C=O) groups excluding carboxylic acids is 1. The van der Waals surface area contributed by atoms with E-state index in [-0.39, 0.29) is 17.3 Å². The topological polar surface area (TPSA) is 85.8 Å². The Bertz CT molecular complexity index is 920. The average Bonchev–Trinajstić information content (AvgIpc) is 3.03. The molecule has 3 aromatic rings. The largest absolute Gasteiger partial charge is 0.416 e. The SMILES string of the molecule is Nc1cc(C(=O)Nc2ccn(-c3cccc(C(F)(F)F)c3)n2)ccn1. The van der Waals surface area contributed by atoms with Gasteiger partial charge in [0.2, 0.25) is 0 Å². The first kappa shape index (κ1) is 16.5. The maximum absolute atomic E-state index is 12.8. The standard InChI is InChI=1S/C16H12F3N5O/c17-16(18,19)11-2-1-3-12(9-11)24-7-5-14(23-24)22-15(25)10-4-6-21-13(20)8-10/h1-9H,(H2,20,21)(H,22,23,25). The zero-order valence-electron chi connectivity index (χ0n) is 12.7. The third-order valence-corrected chi connectivity index (χ3v) is 3.31. The number of aromatic nitrogens is 3. The van der Waals surface area contributed by atoms with Crippen molar-refractivity contribution < 1.29 is 18.0 Å². The highest BCUT2D eigenvalue weighted by Gasteiger charge is 2.30. The van der Waals surface area contributed by atoms with Crippen LogP contribution in [0, 0.1) is 0 Å². The molecule has 0 aliphatic heterocycles. The lowest BCUT2D eigenvalue weighted by molar-refractivity contribution is -0.137. The average molecular weight is 347 g/mol. The number of anilines is 2. The minimum atomic E-state index is -4.44. The van der Waals surface area contributed by atoms with Gasteiger partial charge in [-0.1, -0.05) is 6.07 Å². The Morgan fingerprint density at radius 1 is 1.16 bits per heavy atom. The molecule has 1 aromatic carbocycles. The lowest BCUT2D eigenvalue weighted by atomic mass is 10.2. The van der Waals surface area contributed by atoms with Crippen molar-refractivity contribution in [1.82, 2.24) is 14.8 Å². The van der Waals surface area contributed by atoms with E-state index in [4.69, 9.17) is 5.73 Å². The van der Waals surface area contributed by atoms with Crippen molar-refractivity contribution in [2.75, 3.05) is 11.1 Å². The molecule has 2 aromatic heterocycles. The van der Waals surface area contributed by atoms with E-state index >= 15 is 0 Å². The molecule has 1 amide bonds. The number of amides is 1. The lowest BCUT2D eigenvalue weighted by Crippen LogP contribution is -2.13.